The van der Waals surface area contributed by atoms with E-state index in [1.807, 2.05) is 13.0 Å². The van der Waals surface area contributed by atoms with Gasteiger partial charge in [-0.05, 0) is 25.0 Å². The molecule has 0 rings (SSSR count). The summed E-state index contributed by atoms with van der Waals surface area (Å²) in [7, 11) is 1.52. The number of unbranched alkanes of at least 4 members (excludes halogenated alkanes) is 1. The lowest BCUT2D eigenvalue weighted by molar-refractivity contribution is -0.136. The maximum absolute atomic E-state index is 10.5. The molecule has 4 heteroatoms. The van der Waals surface area contributed by atoms with Crippen LogP contribution >= 0.6 is 0 Å². The summed E-state index contributed by atoms with van der Waals surface area (Å²) in [5, 5.41) is 8.63. The van der Waals surface area contributed by atoms with Crippen molar-refractivity contribution >= 4 is 5.97 Å². The van der Waals surface area contributed by atoms with Crippen molar-refractivity contribution in [1.82, 2.24) is 0 Å². The van der Waals surface area contributed by atoms with Gasteiger partial charge in [0.1, 0.15) is 0 Å². The van der Waals surface area contributed by atoms with Crippen LogP contribution in [-0.2, 0) is 14.3 Å². The molecule has 0 amide bonds. The Bertz CT molecular complexity index is 279. The van der Waals surface area contributed by atoms with E-state index in [9.17, 15) is 4.79 Å². The summed E-state index contributed by atoms with van der Waals surface area (Å²) in [6.45, 7) is 4.69. The van der Waals surface area contributed by atoms with E-state index in [0.29, 0.717) is 18.1 Å². The van der Waals surface area contributed by atoms with Crippen LogP contribution in [0.4, 0.5) is 0 Å². The lowest BCUT2D eigenvalue weighted by atomic mass is 10.2. The van der Waals surface area contributed by atoms with Crippen LogP contribution in [0.2, 0.25) is 0 Å². The highest BCUT2D eigenvalue weighted by Gasteiger charge is 2.07. The van der Waals surface area contributed by atoms with Crippen molar-refractivity contribution in [3.05, 3.63) is 23.7 Å². The minimum Gasteiger partial charge on any atom is -0.493 e. The highest BCUT2D eigenvalue weighted by molar-refractivity contribution is 5.68. The minimum atomic E-state index is -0.884. The molecule has 0 radical (unpaired) electrons. The molecule has 0 unspecified atom stereocenters. The van der Waals surface area contributed by atoms with E-state index in [1.165, 1.54) is 13.2 Å². The predicted molar refractivity (Wildman–Crippen MR) is 66.6 cm³/mol. The summed E-state index contributed by atoms with van der Waals surface area (Å²) in [6.07, 6.45) is 6.19. The largest absolute Gasteiger partial charge is 0.493 e. The first kappa shape index (κ1) is 15.6. The Hall–Kier alpha value is -1.45. The molecule has 0 aromatic carbocycles. The monoisotopic (exact) mass is 242 g/mol. The van der Waals surface area contributed by atoms with Gasteiger partial charge in [-0.1, -0.05) is 20.3 Å². The first-order chi connectivity index (χ1) is 8.15. The third kappa shape index (κ3) is 7.44. The summed E-state index contributed by atoms with van der Waals surface area (Å²) in [5.74, 6) is 0.247. The van der Waals surface area contributed by atoms with Crippen molar-refractivity contribution < 1.29 is 19.4 Å². The van der Waals surface area contributed by atoms with E-state index in [1.54, 1.807) is 0 Å². The maximum Gasteiger partial charge on any atom is 0.307 e. The molecular formula is C13H22O4. The van der Waals surface area contributed by atoms with E-state index in [-0.39, 0.29) is 6.42 Å². The number of hydrogen-bond donors (Lipinski definition) is 1. The van der Waals surface area contributed by atoms with Crippen molar-refractivity contribution in [2.45, 2.75) is 39.5 Å². The van der Waals surface area contributed by atoms with E-state index in [0.717, 1.165) is 19.3 Å². The Morgan fingerprint density at radius 3 is 2.35 bits per heavy atom. The van der Waals surface area contributed by atoms with Crippen LogP contribution in [0.15, 0.2) is 23.7 Å². The molecular weight excluding hydrogens is 220 g/mol. The van der Waals surface area contributed by atoms with Crippen LogP contribution in [0.25, 0.3) is 0 Å². The standard InChI is InChI=1S/C13H22O4/c1-4-6-7-12(17-10-5-2)11(16-3)8-9-13(14)15/h7-8H,4-6,9-10H2,1-3H3,(H,14,15)/b11-8+,12-7+. The molecule has 0 bridgehead atoms. The Morgan fingerprint density at radius 2 is 1.88 bits per heavy atom. The van der Waals surface area contributed by atoms with Gasteiger partial charge in [0.25, 0.3) is 0 Å². The highest BCUT2D eigenvalue weighted by atomic mass is 16.5. The molecule has 0 aromatic rings. The molecule has 0 heterocycles. The molecule has 0 aliphatic heterocycles. The van der Waals surface area contributed by atoms with E-state index in [4.69, 9.17) is 14.6 Å². The second-order valence-electron chi connectivity index (χ2n) is 3.58. The first-order valence-electron chi connectivity index (χ1n) is 5.94. The number of carboxylic acids is 1. The van der Waals surface area contributed by atoms with E-state index in [2.05, 4.69) is 6.92 Å². The molecule has 0 aromatic heterocycles. The fourth-order valence-electron chi connectivity index (χ4n) is 1.18. The van der Waals surface area contributed by atoms with E-state index < -0.39 is 5.97 Å². The molecule has 1 N–H and O–H groups in total. The topological polar surface area (TPSA) is 55.8 Å². The third-order valence-electron chi connectivity index (χ3n) is 2.00. The average molecular weight is 242 g/mol. The molecule has 17 heavy (non-hydrogen) atoms. The van der Waals surface area contributed by atoms with Gasteiger partial charge < -0.3 is 14.6 Å². The van der Waals surface area contributed by atoms with Crippen molar-refractivity contribution in [2.24, 2.45) is 0 Å². The summed E-state index contributed by atoms with van der Waals surface area (Å²) < 4.78 is 10.7. The summed E-state index contributed by atoms with van der Waals surface area (Å²) in [6, 6.07) is 0. The molecule has 0 fully saturated rings. The van der Waals surface area contributed by atoms with Crippen LogP contribution in [0.3, 0.4) is 0 Å². The number of rotatable bonds is 9. The quantitative estimate of drug-likeness (QED) is 0.498. The van der Waals surface area contributed by atoms with Crippen LogP contribution in [0.1, 0.15) is 39.5 Å². The molecule has 0 atom stereocenters. The van der Waals surface area contributed by atoms with Gasteiger partial charge in [0.2, 0.25) is 0 Å². The van der Waals surface area contributed by atoms with Gasteiger partial charge in [0.15, 0.2) is 11.5 Å². The zero-order chi connectivity index (χ0) is 13.1. The molecule has 0 spiro atoms. The average Bonchev–Trinajstić information content (AvgIpc) is 2.31. The van der Waals surface area contributed by atoms with Crippen LogP contribution in [0.5, 0.6) is 0 Å². The van der Waals surface area contributed by atoms with Crippen molar-refractivity contribution in [2.75, 3.05) is 13.7 Å². The van der Waals surface area contributed by atoms with Gasteiger partial charge in [0, 0.05) is 0 Å². The molecule has 4 nitrogen and oxygen atoms in total. The van der Waals surface area contributed by atoms with Crippen LogP contribution < -0.4 is 0 Å². The second kappa shape index (κ2) is 9.75. The van der Waals surface area contributed by atoms with Gasteiger partial charge in [-0.3, -0.25) is 4.79 Å². The van der Waals surface area contributed by atoms with Gasteiger partial charge in [-0.15, -0.1) is 0 Å². The number of allylic oxidation sites excluding steroid dienone is 1. The van der Waals surface area contributed by atoms with Gasteiger partial charge in [-0.25, -0.2) is 0 Å². The Balaban J connectivity index is 4.70. The third-order valence-corrected chi connectivity index (χ3v) is 2.00. The minimum absolute atomic E-state index is 0.0673. The Morgan fingerprint density at radius 1 is 1.18 bits per heavy atom. The normalized spacial score (nSPS) is 12.4. The molecule has 0 saturated carbocycles. The second-order valence-corrected chi connectivity index (χ2v) is 3.58. The summed E-state index contributed by atoms with van der Waals surface area (Å²) in [4.78, 5) is 10.5. The van der Waals surface area contributed by atoms with Crippen molar-refractivity contribution in [1.29, 1.82) is 0 Å². The molecule has 0 aliphatic rings. The first-order valence-corrected chi connectivity index (χ1v) is 5.94. The highest BCUT2D eigenvalue weighted by Crippen LogP contribution is 2.15. The smallest absolute Gasteiger partial charge is 0.307 e. The lowest BCUT2D eigenvalue weighted by Crippen LogP contribution is -2.01. The number of aliphatic carboxylic acids is 1. The maximum atomic E-state index is 10.5. The van der Waals surface area contributed by atoms with Gasteiger partial charge in [0.05, 0.1) is 20.1 Å². The van der Waals surface area contributed by atoms with Gasteiger partial charge in [-0.2, -0.15) is 0 Å². The van der Waals surface area contributed by atoms with Crippen LogP contribution in [-0.4, -0.2) is 24.8 Å². The fraction of sp³-hybridized carbons (Fsp3) is 0.615. The predicted octanol–water partition coefficient (Wildman–Crippen LogP) is 3.10. The zero-order valence-electron chi connectivity index (χ0n) is 10.9. The number of methoxy groups -OCH3 is 1. The summed E-state index contributed by atoms with van der Waals surface area (Å²) >= 11 is 0. The zero-order valence-corrected chi connectivity index (χ0v) is 10.9. The van der Waals surface area contributed by atoms with Crippen molar-refractivity contribution in [3.8, 4) is 0 Å². The Labute approximate surface area is 103 Å². The van der Waals surface area contributed by atoms with E-state index >= 15 is 0 Å². The number of carboxylic acid groups (broad SMARTS) is 1. The number of carbonyl (C=O) groups is 1. The van der Waals surface area contributed by atoms with Crippen LogP contribution in [0, 0.1) is 0 Å². The lowest BCUT2D eigenvalue weighted by Gasteiger charge is -2.12. The molecule has 0 saturated heterocycles. The van der Waals surface area contributed by atoms with Crippen molar-refractivity contribution in [3.63, 3.8) is 0 Å². The SMILES string of the molecule is CCC/C=C(OCCC)\C(=C/CC(=O)O)OC. The summed E-state index contributed by atoms with van der Waals surface area (Å²) in [5.41, 5.74) is 0. The number of ether oxygens (including phenoxy) is 2. The Kier molecular flexibility index (Phi) is 8.92. The molecule has 0 aliphatic carbocycles. The number of hydrogen-bond acceptors (Lipinski definition) is 3. The van der Waals surface area contributed by atoms with Gasteiger partial charge >= 0.3 is 5.97 Å². The fourth-order valence-corrected chi connectivity index (χ4v) is 1.18. The molecule has 98 valence electrons.